The second-order valence-electron chi connectivity index (χ2n) is 2.99. The molecule has 0 N–H and O–H groups in total. The van der Waals surface area contributed by atoms with Crippen LogP contribution in [0.1, 0.15) is 6.42 Å². The quantitative estimate of drug-likeness (QED) is 0.450. The van der Waals surface area contributed by atoms with Gasteiger partial charge in [0.15, 0.2) is 0 Å². The number of methoxy groups -OCH3 is 1. The number of alkyl halides is 8. The molecule has 0 aliphatic heterocycles. The first kappa shape index (κ1) is 16.5. The topological polar surface area (TPSA) is 26.3 Å². The average Bonchev–Trinajstić information content (AvgIpc) is 2.12. The summed E-state index contributed by atoms with van der Waals surface area (Å²) in [5.41, 5.74) is -5.47. The van der Waals surface area contributed by atoms with Gasteiger partial charge in [0.1, 0.15) is 4.83 Å². The van der Waals surface area contributed by atoms with Crippen molar-refractivity contribution >= 4 is 21.9 Å². The molecule has 0 aromatic heterocycles. The molecule has 1 unspecified atom stereocenters. The Bertz CT molecular complexity index is 271. The van der Waals surface area contributed by atoms with Gasteiger partial charge in [-0.15, -0.1) is 0 Å². The van der Waals surface area contributed by atoms with Gasteiger partial charge in [-0.05, 0) is 0 Å². The molecule has 0 amide bonds. The van der Waals surface area contributed by atoms with Crippen molar-refractivity contribution in [3.05, 3.63) is 0 Å². The predicted octanol–water partition coefficient (Wildman–Crippen LogP) is 3.15. The molecule has 0 fully saturated rings. The molecule has 0 bridgehead atoms. The van der Waals surface area contributed by atoms with Gasteiger partial charge >= 0.3 is 24.0 Å². The molecule has 0 heterocycles. The van der Waals surface area contributed by atoms with Gasteiger partial charge in [0, 0.05) is 6.42 Å². The monoisotopic (exact) mass is 334 g/mol. The third-order valence-corrected chi connectivity index (χ3v) is 2.51. The van der Waals surface area contributed by atoms with Crippen molar-refractivity contribution in [3.63, 3.8) is 0 Å². The highest BCUT2D eigenvalue weighted by molar-refractivity contribution is 9.10. The lowest BCUT2D eigenvalue weighted by Crippen LogP contribution is -2.55. The summed E-state index contributed by atoms with van der Waals surface area (Å²) in [6.07, 6.45) is -14.5. The SMILES string of the molecule is COC(=O)C(Br)CC(F)(C(F)(F)F)C(F)(F)F. The Balaban J connectivity index is 5.19. The van der Waals surface area contributed by atoms with Gasteiger partial charge in [0.25, 0.3) is 0 Å². The number of ether oxygens (including phenoxy) is 1. The van der Waals surface area contributed by atoms with E-state index in [9.17, 15) is 35.5 Å². The van der Waals surface area contributed by atoms with Crippen LogP contribution in [0, 0.1) is 0 Å². The van der Waals surface area contributed by atoms with Gasteiger partial charge < -0.3 is 4.74 Å². The molecular weight excluding hydrogens is 329 g/mol. The molecule has 0 spiro atoms. The Morgan fingerprint density at radius 2 is 1.47 bits per heavy atom. The number of esters is 1. The summed E-state index contributed by atoms with van der Waals surface area (Å²) in [6.45, 7) is 0. The lowest BCUT2D eigenvalue weighted by molar-refractivity contribution is -0.342. The predicted molar refractivity (Wildman–Crippen MR) is 45.3 cm³/mol. The normalized spacial score (nSPS) is 15.6. The van der Waals surface area contributed by atoms with Gasteiger partial charge in [-0.3, -0.25) is 4.79 Å². The van der Waals surface area contributed by atoms with E-state index in [1.165, 1.54) is 0 Å². The highest BCUT2D eigenvalue weighted by Crippen LogP contribution is 2.49. The number of rotatable bonds is 3. The minimum atomic E-state index is -6.18. The molecular formula is C7H6BrF7O2. The summed E-state index contributed by atoms with van der Waals surface area (Å²) in [6, 6.07) is 0. The molecule has 1 atom stereocenters. The number of halogens is 8. The van der Waals surface area contributed by atoms with Crippen LogP contribution in [0.4, 0.5) is 30.7 Å². The third kappa shape index (κ3) is 3.46. The van der Waals surface area contributed by atoms with Gasteiger partial charge in [-0.1, -0.05) is 15.9 Å². The molecule has 0 aliphatic rings. The smallest absolute Gasteiger partial charge is 0.431 e. The van der Waals surface area contributed by atoms with Crippen molar-refractivity contribution in [3.8, 4) is 0 Å². The molecule has 102 valence electrons. The summed E-state index contributed by atoms with van der Waals surface area (Å²) in [7, 11) is 0.748. The van der Waals surface area contributed by atoms with Gasteiger partial charge in [-0.25, -0.2) is 4.39 Å². The van der Waals surface area contributed by atoms with Crippen molar-refractivity contribution in [1.82, 2.24) is 0 Å². The molecule has 0 aromatic carbocycles. The van der Waals surface area contributed by atoms with Crippen molar-refractivity contribution < 1.29 is 40.3 Å². The fourth-order valence-corrected chi connectivity index (χ4v) is 1.48. The zero-order valence-electron chi connectivity index (χ0n) is 8.12. The maximum Gasteiger partial charge on any atom is 0.431 e. The Kier molecular flexibility index (Phi) is 4.83. The first-order chi connectivity index (χ1) is 7.37. The summed E-state index contributed by atoms with van der Waals surface area (Å²) in [4.78, 5) is 8.62. The molecule has 0 aromatic rings. The van der Waals surface area contributed by atoms with Crippen LogP contribution >= 0.6 is 15.9 Å². The lowest BCUT2D eigenvalue weighted by Gasteiger charge is -2.30. The van der Waals surface area contributed by atoms with Crippen molar-refractivity contribution in [2.24, 2.45) is 0 Å². The average molecular weight is 335 g/mol. The van der Waals surface area contributed by atoms with Crippen LogP contribution in [0.2, 0.25) is 0 Å². The van der Waals surface area contributed by atoms with Crippen LogP contribution in [0.3, 0.4) is 0 Å². The highest BCUT2D eigenvalue weighted by atomic mass is 79.9. The third-order valence-electron chi connectivity index (χ3n) is 1.82. The van der Waals surface area contributed by atoms with E-state index in [1.54, 1.807) is 0 Å². The first-order valence-corrected chi connectivity index (χ1v) is 4.82. The molecule has 10 heteroatoms. The van der Waals surface area contributed by atoms with Gasteiger partial charge in [0.2, 0.25) is 0 Å². The number of hydrogen-bond donors (Lipinski definition) is 0. The van der Waals surface area contributed by atoms with E-state index in [4.69, 9.17) is 0 Å². The summed E-state index contributed by atoms with van der Waals surface area (Å²) >= 11 is 2.21. The van der Waals surface area contributed by atoms with Crippen LogP contribution < -0.4 is 0 Å². The largest absolute Gasteiger partial charge is 0.468 e. The van der Waals surface area contributed by atoms with Crippen molar-refractivity contribution in [1.29, 1.82) is 0 Å². The number of carbonyl (C=O) groups is 1. The Hall–Kier alpha value is -0.540. The maximum absolute atomic E-state index is 13.1. The van der Waals surface area contributed by atoms with Crippen LogP contribution in [0.25, 0.3) is 0 Å². The molecule has 0 rings (SSSR count). The van der Waals surface area contributed by atoms with E-state index < -0.39 is 35.2 Å². The van der Waals surface area contributed by atoms with Gasteiger partial charge in [-0.2, -0.15) is 26.3 Å². The summed E-state index contributed by atoms with van der Waals surface area (Å²) in [5.74, 6) is -1.43. The van der Waals surface area contributed by atoms with Crippen LogP contribution in [-0.4, -0.2) is 35.9 Å². The number of carbonyl (C=O) groups excluding carboxylic acids is 1. The zero-order valence-corrected chi connectivity index (χ0v) is 9.71. The lowest BCUT2D eigenvalue weighted by atomic mass is 9.98. The summed E-state index contributed by atoms with van der Waals surface area (Å²) in [5, 5.41) is 0. The maximum atomic E-state index is 13.1. The molecule has 0 saturated heterocycles. The van der Waals surface area contributed by atoms with E-state index in [1.807, 2.05) is 0 Å². The zero-order chi connectivity index (χ0) is 14.1. The Morgan fingerprint density at radius 1 is 1.12 bits per heavy atom. The standard InChI is InChI=1S/C7H6BrF7O2/c1-17-4(16)3(8)2-5(9,6(10,11)12)7(13,14)15/h3H,2H2,1H3. The Morgan fingerprint density at radius 3 is 1.71 bits per heavy atom. The minimum Gasteiger partial charge on any atom is -0.468 e. The van der Waals surface area contributed by atoms with E-state index >= 15 is 0 Å². The molecule has 0 saturated carbocycles. The van der Waals surface area contributed by atoms with Crippen LogP contribution in [-0.2, 0) is 9.53 Å². The van der Waals surface area contributed by atoms with E-state index in [0.717, 1.165) is 7.11 Å². The second kappa shape index (κ2) is 4.99. The van der Waals surface area contributed by atoms with Crippen molar-refractivity contribution in [2.75, 3.05) is 7.11 Å². The molecule has 17 heavy (non-hydrogen) atoms. The highest BCUT2D eigenvalue weighted by Gasteiger charge is 2.72. The van der Waals surface area contributed by atoms with E-state index in [-0.39, 0.29) is 0 Å². The number of hydrogen-bond acceptors (Lipinski definition) is 2. The fourth-order valence-electron chi connectivity index (χ4n) is 0.850. The molecule has 2 nitrogen and oxygen atoms in total. The first-order valence-electron chi connectivity index (χ1n) is 3.91. The minimum absolute atomic E-state index is 0.748. The summed E-state index contributed by atoms with van der Waals surface area (Å²) < 4.78 is 89.3. The Labute approximate surface area is 99.2 Å². The molecule has 0 aliphatic carbocycles. The second-order valence-corrected chi connectivity index (χ2v) is 4.10. The van der Waals surface area contributed by atoms with Crippen LogP contribution in [0.5, 0.6) is 0 Å². The van der Waals surface area contributed by atoms with Crippen LogP contribution in [0.15, 0.2) is 0 Å². The van der Waals surface area contributed by atoms with E-state index in [0.29, 0.717) is 0 Å². The fraction of sp³-hybridized carbons (Fsp3) is 0.857. The van der Waals surface area contributed by atoms with Crippen molar-refractivity contribution in [2.45, 2.75) is 29.3 Å². The molecule has 0 radical (unpaired) electrons. The van der Waals surface area contributed by atoms with Gasteiger partial charge in [0.05, 0.1) is 7.11 Å². The van der Waals surface area contributed by atoms with E-state index in [2.05, 4.69) is 20.7 Å².